The Kier molecular flexibility index (Phi) is 4.16. The van der Waals surface area contributed by atoms with Gasteiger partial charge >= 0.3 is 0 Å². The number of rotatable bonds is 3. The molecule has 0 aliphatic carbocycles. The number of amides is 1. The highest BCUT2D eigenvalue weighted by atomic mass is 35.5. The molecule has 2 unspecified atom stereocenters. The van der Waals surface area contributed by atoms with Crippen molar-refractivity contribution in [2.45, 2.75) is 12.2 Å². The van der Waals surface area contributed by atoms with Crippen molar-refractivity contribution in [3.05, 3.63) is 29.0 Å². The first-order valence-electron chi connectivity index (χ1n) is 5.61. The Morgan fingerprint density at radius 3 is 2.50 bits per heavy atom. The summed E-state index contributed by atoms with van der Waals surface area (Å²) in [6, 6.07) is 1.60. The molecule has 1 aromatic rings. The molecule has 1 saturated heterocycles. The van der Waals surface area contributed by atoms with Crippen LogP contribution in [0.1, 0.15) is 10.4 Å². The van der Waals surface area contributed by atoms with E-state index in [-0.39, 0.29) is 18.1 Å². The second kappa shape index (κ2) is 5.65. The molecule has 1 amide bonds. The topological polar surface area (TPSA) is 51.7 Å². The number of hydrogen-bond acceptors (Lipinski definition) is 4. The Hall–Kier alpha value is -1.17. The molecule has 2 atom stereocenters. The number of methoxy groups -OCH3 is 2. The van der Waals surface area contributed by atoms with Crippen molar-refractivity contribution in [3.63, 3.8) is 0 Å². The van der Waals surface area contributed by atoms with Crippen LogP contribution in [-0.2, 0) is 9.47 Å². The van der Waals surface area contributed by atoms with Crippen molar-refractivity contribution in [1.29, 1.82) is 0 Å². The van der Waals surface area contributed by atoms with Crippen LogP contribution in [0.5, 0.6) is 0 Å². The van der Waals surface area contributed by atoms with Gasteiger partial charge in [-0.3, -0.25) is 9.78 Å². The fourth-order valence-corrected chi connectivity index (χ4v) is 2.25. The van der Waals surface area contributed by atoms with Crippen molar-refractivity contribution in [2.75, 3.05) is 27.3 Å². The largest absolute Gasteiger partial charge is 0.377 e. The van der Waals surface area contributed by atoms with Crippen LogP contribution in [0, 0.1) is 0 Å². The van der Waals surface area contributed by atoms with Gasteiger partial charge in [-0.05, 0) is 6.07 Å². The molecule has 6 heteroatoms. The third-order valence-electron chi connectivity index (χ3n) is 3.11. The lowest BCUT2D eigenvalue weighted by atomic mass is 10.2. The number of halogens is 1. The second-order valence-corrected chi connectivity index (χ2v) is 4.52. The van der Waals surface area contributed by atoms with E-state index in [1.54, 1.807) is 31.4 Å². The number of carbonyl (C=O) groups is 1. The summed E-state index contributed by atoms with van der Waals surface area (Å²) in [7, 11) is 3.23. The molecule has 1 aliphatic rings. The van der Waals surface area contributed by atoms with Crippen LogP contribution < -0.4 is 0 Å². The average Bonchev–Trinajstić information content (AvgIpc) is 2.81. The summed E-state index contributed by atoms with van der Waals surface area (Å²) in [5.74, 6) is -0.144. The number of likely N-dealkylation sites (tertiary alicyclic amines) is 1. The third-order valence-corrected chi connectivity index (χ3v) is 3.44. The van der Waals surface area contributed by atoms with Crippen molar-refractivity contribution < 1.29 is 14.3 Å². The van der Waals surface area contributed by atoms with Crippen molar-refractivity contribution in [3.8, 4) is 0 Å². The van der Waals surface area contributed by atoms with E-state index in [1.807, 2.05) is 0 Å². The molecule has 2 heterocycles. The summed E-state index contributed by atoms with van der Waals surface area (Å²) >= 11 is 5.99. The van der Waals surface area contributed by atoms with E-state index < -0.39 is 0 Å². The zero-order valence-electron chi connectivity index (χ0n) is 10.3. The first-order chi connectivity index (χ1) is 8.67. The molecular formula is C12H15ClN2O3. The summed E-state index contributed by atoms with van der Waals surface area (Å²) in [5.41, 5.74) is 0.408. The molecule has 1 fully saturated rings. The van der Waals surface area contributed by atoms with Crippen LogP contribution in [-0.4, -0.2) is 55.3 Å². The van der Waals surface area contributed by atoms with Gasteiger partial charge in [-0.25, -0.2) is 0 Å². The zero-order chi connectivity index (χ0) is 13.1. The second-order valence-electron chi connectivity index (χ2n) is 4.11. The van der Waals surface area contributed by atoms with Gasteiger partial charge in [-0.1, -0.05) is 11.6 Å². The number of hydrogen-bond donors (Lipinski definition) is 0. The molecule has 0 N–H and O–H groups in total. The number of ether oxygens (including phenoxy) is 2. The van der Waals surface area contributed by atoms with Crippen molar-refractivity contribution >= 4 is 17.5 Å². The van der Waals surface area contributed by atoms with Gasteiger partial charge in [0.05, 0.1) is 10.6 Å². The van der Waals surface area contributed by atoms with Crippen LogP contribution in [0.4, 0.5) is 0 Å². The van der Waals surface area contributed by atoms with Gasteiger partial charge in [0.1, 0.15) is 12.2 Å². The van der Waals surface area contributed by atoms with Gasteiger partial charge in [0.15, 0.2) is 0 Å². The molecule has 0 radical (unpaired) electrons. The van der Waals surface area contributed by atoms with Gasteiger partial charge < -0.3 is 14.4 Å². The lowest BCUT2D eigenvalue weighted by Crippen LogP contribution is -2.30. The van der Waals surface area contributed by atoms with Crippen LogP contribution in [0.3, 0.4) is 0 Å². The normalized spacial score (nSPS) is 23.4. The van der Waals surface area contributed by atoms with E-state index in [4.69, 9.17) is 21.1 Å². The Bertz CT molecular complexity index is 429. The number of nitrogens with zero attached hydrogens (tertiary/aromatic N) is 2. The van der Waals surface area contributed by atoms with Crippen LogP contribution in [0.25, 0.3) is 0 Å². The molecule has 0 aromatic carbocycles. The minimum Gasteiger partial charge on any atom is -0.377 e. The number of carbonyl (C=O) groups excluding carboxylic acids is 1. The molecule has 0 bridgehead atoms. The number of aromatic nitrogens is 1. The average molecular weight is 271 g/mol. The highest BCUT2D eigenvalue weighted by molar-refractivity contribution is 6.33. The Labute approximate surface area is 111 Å². The standard InChI is InChI=1S/C12H15ClN2O3/c1-17-10-6-15(7-11(10)18-2)12(16)8-5-14-4-3-9(8)13/h3-5,10-11H,6-7H2,1-2H3. The van der Waals surface area contributed by atoms with Crippen LogP contribution in [0.2, 0.25) is 5.02 Å². The Balaban J connectivity index is 2.14. The monoisotopic (exact) mass is 270 g/mol. The van der Waals surface area contributed by atoms with Gasteiger partial charge in [0.2, 0.25) is 0 Å². The maximum Gasteiger partial charge on any atom is 0.257 e. The predicted octanol–water partition coefficient (Wildman–Crippen LogP) is 1.22. The molecule has 0 saturated carbocycles. The molecule has 18 heavy (non-hydrogen) atoms. The van der Waals surface area contributed by atoms with E-state index in [9.17, 15) is 4.79 Å². The van der Waals surface area contributed by atoms with Gasteiger partial charge in [0.25, 0.3) is 5.91 Å². The molecular weight excluding hydrogens is 256 g/mol. The highest BCUT2D eigenvalue weighted by Crippen LogP contribution is 2.21. The minimum atomic E-state index is -0.144. The fraction of sp³-hybridized carbons (Fsp3) is 0.500. The van der Waals surface area contributed by atoms with E-state index in [1.165, 1.54) is 6.20 Å². The Morgan fingerprint density at radius 2 is 2.00 bits per heavy atom. The summed E-state index contributed by atoms with van der Waals surface area (Å²) < 4.78 is 10.6. The molecule has 0 spiro atoms. The summed E-state index contributed by atoms with van der Waals surface area (Å²) in [4.78, 5) is 17.9. The lowest BCUT2D eigenvalue weighted by molar-refractivity contribution is -0.00461. The maximum atomic E-state index is 12.3. The van der Waals surface area contributed by atoms with E-state index >= 15 is 0 Å². The first-order valence-corrected chi connectivity index (χ1v) is 5.99. The quantitative estimate of drug-likeness (QED) is 0.829. The van der Waals surface area contributed by atoms with Crippen LogP contribution in [0.15, 0.2) is 18.5 Å². The smallest absolute Gasteiger partial charge is 0.257 e. The summed E-state index contributed by atoms with van der Waals surface area (Å²) in [5, 5.41) is 0.407. The van der Waals surface area contributed by atoms with E-state index in [2.05, 4.69) is 4.98 Å². The third kappa shape index (κ3) is 2.48. The fourth-order valence-electron chi connectivity index (χ4n) is 2.07. The van der Waals surface area contributed by atoms with Gasteiger partial charge in [0, 0.05) is 39.7 Å². The van der Waals surface area contributed by atoms with Crippen molar-refractivity contribution in [1.82, 2.24) is 9.88 Å². The van der Waals surface area contributed by atoms with Crippen molar-refractivity contribution in [2.24, 2.45) is 0 Å². The van der Waals surface area contributed by atoms with Crippen LogP contribution >= 0.6 is 11.6 Å². The van der Waals surface area contributed by atoms with E-state index in [0.717, 1.165) is 0 Å². The van der Waals surface area contributed by atoms with E-state index in [0.29, 0.717) is 23.7 Å². The maximum absolute atomic E-state index is 12.3. The number of pyridine rings is 1. The predicted molar refractivity (Wildman–Crippen MR) is 66.7 cm³/mol. The minimum absolute atomic E-state index is 0.102. The molecule has 98 valence electrons. The molecule has 1 aliphatic heterocycles. The lowest BCUT2D eigenvalue weighted by Gasteiger charge is -2.16. The molecule has 1 aromatic heterocycles. The summed E-state index contributed by atoms with van der Waals surface area (Å²) in [6.07, 6.45) is 2.83. The molecule has 2 rings (SSSR count). The highest BCUT2D eigenvalue weighted by Gasteiger charge is 2.36. The van der Waals surface area contributed by atoms with Gasteiger partial charge in [-0.15, -0.1) is 0 Å². The summed E-state index contributed by atoms with van der Waals surface area (Å²) in [6.45, 7) is 0.998. The molecule has 5 nitrogen and oxygen atoms in total. The first kappa shape index (κ1) is 13.3. The van der Waals surface area contributed by atoms with Gasteiger partial charge in [-0.2, -0.15) is 0 Å². The zero-order valence-corrected chi connectivity index (χ0v) is 11.1. The Morgan fingerprint density at radius 1 is 1.39 bits per heavy atom. The SMILES string of the molecule is COC1CN(C(=O)c2cnccc2Cl)CC1OC.